The molecule has 0 aliphatic rings. The molecule has 1 N–H and O–H groups in total. The first kappa shape index (κ1) is 15.3. The monoisotopic (exact) mass is 355 g/mol. The minimum atomic E-state index is -0.401. The molecule has 0 aliphatic carbocycles. The van der Waals surface area contributed by atoms with Crippen LogP contribution in [0.1, 0.15) is 16.2 Å². The lowest BCUT2D eigenvalue weighted by atomic mass is 10.3. The minimum absolute atomic E-state index is 0.124. The quantitative estimate of drug-likeness (QED) is 0.604. The Hall–Kier alpha value is -3.20. The van der Waals surface area contributed by atoms with E-state index in [1.807, 2.05) is 25.1 Å². The van der Waals surface area contributed by atoms with Crippen LogP contribution in [0, 0.1) is 6.92 Å². The van der Waals surface area contributed by atoms with Gasteiger partial charge in [0.15, 0.2) is 0 Å². The molecule has 4 rings (SSSR count). The molecule has 0 atom stereocenters. The van der Waals surface area contributed by atoms with Crippen LogP contribution >= 0.6 is 11.3 Å². The molecule has 3 heterocycles. The summed E-state index contributed by atoms with van der Waals surface area (Å²) in [7, 11) is 1.61. The van der Waals surface area contributed by atoms with Gasteiger partial charge in [0, 0.05) is 18.2 Å². The number of hydrogen-bond acceptors (Lipinski definition) is 7. The molecule has 0 radical (unpaired) electrons. The second-order valence-corrected chi connectivity index (χ2v) is 6.25. The summed E-state index contributed by atoms with van der Waals surface area (Å²) < 4.78 is 12.7. The number of thiazole rings is 1. The zero-order valence-electron chi connectivity index (χ0n) is 13.4. The van der Waals surface area contributed by atoms with Gasteiger partial charge < -0.3 is 14.6 Å². The Bertz CT molecular complexity index is 1050. The maximum Gasteiger partial charge on any atom is 0.295 e. The van der Waals surface area contributed by atoms with Crippen LogP contribution in [0.15, 0.2) is 41.1 Å². The number of benzene rings is 1. The van der Waals surface area contributed by atoms with E-state index >= 15 is 0 Å². The van der Waals surface area contributed by atoms with Crippen LogP contribution < -0.4 is 10.1 Å². The third-order valence-corrected chi connectivity index (χ3v) is 4.51. The molecule has 0 unspecified atom stereocenters. The molecule has 0 saturated carbocycles. The molecule has 25 heavy (non-hydrogen) atoms. The van der Waals surface area contributed by atoms with E-state index in [-0.39, 0.29) is 5.76 Å². The first-order valence-electron chi connectivity index (χ1n) is 7.38. The van der Waals surface area contributed by atoms with Gasteiger partial charge in [0.05, 0.1) is 29.2 Å². The fraction of sp³-hybridized carbons (Fsp3) is 0.125. The van der Waals surface area contributed by atoms with Gasteiger partial charge in [-0.2, -0.15) is 9.78 Å². The SMILES string of the molecule is COc1ccc2sc(-n3nc(C)cc3NC(=O)c3ccno3)nc2c1. The summed E-state index contributed by atoms with van der Waals surface area (Å²) in [6, 6.07) is 8.94. The molecule has 0 bridgehead atoms. The maximum absolute atomic E-state index is 12.2. The second-order valence-electron chi connectivity index (χ2n) is 5.24. The Kier molecular flexibility index (Phi) is 3.69. The third kappa shape index (κ3) is 2.85. The molecule has 1 aromatic carbocycles. The topological polar surface area (TPSA) is 95.1 Å². The molecule has 4 aromatic rings. The van der Waals surface area contributed by atoms with Gasteiger partial charge in [-0.15, -0.1) is 0 Å². The number of rotatable bonds is 4. The van der Waals surface area contributed by atoms with Gasteiger partial charge in [0.25, 0.3) is 5.91 Å². The predicted molar refractivity (Wildman–Crippen MR) is 92.5 cm³/mol. The summed E-state index contributed by atoms with van der Waals surface area (Å²) in [5, 5.41) is 11.4. The number of ether oxygens (including phenoxy) is 1. The average molecular weight is 355 g/mol. The summed E-state index contributed by atoms with van der Waals surface area (Å²) in [5.74, 6) is 0.964. The van der Waals surface area contributed by atoms with Crippen molar-refractivity contribution in [2.75, 3.05) is 12.4 Å². The number of hydrogen-bond donors (Lipinski definition) is 1. The Morgan fingerprint density at radius 3 is 2.96 bits per heavy atom. The van der Waals surface area contributed by atoms with E-state index in [1.165, 1.54) is 23.6 Å². The van der Waals surface area contributed by atoms with E-state index in [1.54, 1.807) is 17.9 Å². The van der Waals surface area contributed by atoms with Crippen LogP contribution in [0.3, 0.4) is 0 Å². The highest BCUT2D eigenvalue weighted by molar-refractivity contribution is 7.20. The van der Waals surface area contributed by atoms with Crippen molar-refractivity contribution in [3.63, 3.8) is 0 Å². The van der Waals surface area contributed by atoms with Gasteiger partial charge in [0.1, 0.15) is 11.6 Å². The van der Waals surface area contributed by atoms with Crippen LogP contribution in [0.2, 0.25) is 0 Å². The number of fused-ring (bicyclic) bond motifs is 1. The zero-order chi connectivity index (χ0) is 17.4. The van der Waals surface area contributed by atoms with Crippen LogP contribution in [0.4, 0.5) is 5.82 Å². The van der Waals surface area contributed by atoms with E-state index in [2.05, 4.69) is 20.6 Å². The van der Waals surface area contributed by atoms with Crippen molar-refractivity contribution in [1.29, 1.82) is 0 Å². The van der Waals surface area contributed by atoms with Crippen LogP contribution in [-0.2, 0) is 0 Å². The number of amides is 1. The number of methoxy groups -OCH3 is 1. The molecule has 9 heteroatoms. The van der Waals surface area contributed by atoms with E-state index in [0.29, 0.717) is 10.9 Å². The smallest absolute Gasteiger partial charge is 0.295 e. The number of aromatic nitrogens is 4. The van der Waals surface area contributed by atoms with Gasteiger partial charge in [-0.1, -0.05) is 16.5 Å². The lowest BCUT2D eigenvalue weighted by Crippen LogP contribution is -2.14. The molecular weight excluding hydrogens is 342 g/mol. The molecule has 126 valence electrons. The van der Waals surface area contributed by atoms with Crippen molar-refractivity contribution in [3.8, 4) is 10.9 Å². The van der Waals surface area contributed by atoms with Crippen LogP contribution in [0.25, 0.3) is 15.3 Å². The van der Waals surface area contributed by atoms with Gasteiger partial charge >= 0.3 is 0 Å². The number of anilines is 1. The highest BCUT2D eigenvalue weighted by Crippen LogP contribution is 2.29. The van der Waals surface area contributed by atoms with Crippen molar-refractivity contribution in [2.45, 2.75) is 6.92 Å². The lowest BCUT2D eigenvalue weighted by Gasteiger charge is -2.04. The Morgan fingerprint density at radius 2 is 2.20 bits per heavy atom. The summed E-state index contributed by atoms with van der Waals surface area (Å²) in [6.07, 6.45) is 1.42. The number of carbonyl (C=O) groups is 1. The number of nitrogens with zero attached hydrogens (tertiary/aromatic N) is 4. The highest BCUT2D eigenvalue weighted by atomic mass is 32.1. The fourth-order valence-corrected chi connectivity index (χ4v) is 3.27. The normalized spacial score (nSPS) is 11.0. The molecular formula is C16H13N5O3S. The highest BCUT2D eigenvalue weighted by Gasteiger charge is 2.17. The van der Waals surface area contributed by atoms with Crippen molar-refractivity contribution in [1.82, 2.24) is 19.9 Å². The molecule has 0 saturated heterocycles. The largest absolute Gasteiger partial charge is 0.497 e. The van der Waals surface area contributed by atoms with E-state index in [4.69, 9.17) is 9.26 Å². The molecule has 8 nitrogen and oxygen atoms in total. The maximum atomic E-state index is 12.2. The van der Waals surface area contributed by atoms with Crippen LogP contribution in [-0.4, -0.2) is 32.9 Å². The van der Waals surface area contributed by atoms with E-state index in [9.17, 15) is 4.79 Å². The second kappa shape index (κ2) is 6.02. The number of aryl methyl sites for hydroxylation is 1. The third-order valence-electron chi connectivity index (χ3n) is 3.50. The number of nitrogens with one attached hydrogen (secondary N) is 1. The minimum Gasteiger partial charge on any atom is -0.497 e. The van der Waals surface area contributed by atoms with E-state index in [0.717, 1.165) is 21.7 Å². The van der Waals surface area contributed by atoms with E-state index < -0.39 is 5.91 Å². The van der Waals surface area contributed by atoms with Gasteiger partial charge in [-0.05, 0) is 19.1 Å². The Balaban J connectivity index is 1.72. The average Bonchev–Trinajstić information content (AvgIpc) is 3.33. The number of carbonyl (C=O) groups excluding carboxylic acids is 1. The first-order chi connectivity index (χ1) is 12.1. The summed E-state index contributed by atoms with van der Waals surface area (Å²) in [5.41, 5.74) is 1.56. The summed E-state index contributed by atoms with van der Waals surface area (Å²) in [6.45, 7) is 1.84. The van der Waals surface area contributed by atoms with Gasteiger partial charge in [-0.3, -0.25) is 4.79 Å². The van der Waals surface area contributed by atoms with Crippen molar-refractivity contribution in [3.05, 3.63) is 48.0 Å². The van der Waals surface area contributed by atoms with Crippen molar-refractivity contribution >= 4 is 33.3 Å². The standard InChI is InChI=1S/C16H13N5O3S/c1-9-7-14(19-15(22)12-5-6-17-24-12)21(20-9)16-18-11-8-10(23-2)3-4-13(11)25-16/h3-8H,1-2H3,(H,19,22). The zero-order valence-corrected chi connectivity index (χ0v) is 14.2. The Labute approximate surface area is 146 Å². The molecule has 0 aliphatic heterocycles. The summed E-state index contributed by atoms with van der Waals surface area (Å²) >= 11 is 1.47. The first-order valence-corrected chi connectivity index (χ1v) is 8.19. The van der Waals surface area contributed by atoms with Crippen molar-refractivity contribution < 1.29 is 14.1 Å². The molecule has 0 spiro atoms. The molecule has 0 fully saturated rings. The predicted octanol–water partition coefficient (Wildman–Crippen LogP) is 3.04. The molecule has 1 amide bonds. The summed E-state index contributed by atoms with van der Waals surface area (Å²) in [4.78, 5) is 16.8. The molecule has 3 aromatic heterocycles. The van der Waals surface area contributed by atoms with Gasteiger partial charge in [-0.25, -0.2) is 4.98 Å². The van der Waals surface area contributed by atoms with Crippen molar-refractivity contribution in [2.24, 2.45) is 0 Å². The lowest BCUT2D eigenvalue weighted by molar-refractivity contribution is 0.0987. The van der Waals surface area contributed by atoms with Crippen LogP contribution in [0.5, 0.6) is 5.75 Å². The van der Waals surface area contributed by atoms with Gasteiger partial charge in [0.2, 0.25) is 10.9 Å². The Morgan fingerprint density at radius 1 is 1.32 bits per heavy atom. The fourth-order valence-electron chi connectivity index (χ4n) is 2.36.